The molecular formula is C15H22BrClN2O2. The first-order valence-electron chi connectivity index (χ1n) is 6.99. The van der Waals surface area contributed by atoms with Crippen LogP contribution in [0, 0.1) is 0 Å². The molecule has 6 heteroatoms. The van der Waals surface area contributed by atoms with Crippen molar-refractivity contribution in [3.63, 3.8) is 0 Å². The minimum Gasteiger partial charge on any atom is -0.481 e. The van der Waals surface area contributed by atoms with Gasteiger partial charge in [-0.05, 0) is 38.0 Å². The highest BCUT2D eigenvalue weighted by Gasteiger charge is 2.35. The van der Waals surface area contributed by atoms with Crippen LogP contribution in [0.4, 0.5) is 0 Å². The molecule has 1 aliphatic rings. The molecule has 1 aliphatic carbocycles. The summed E-state index contributed by atoms with van der Waals surface area (Å²) in [5, 5.41) is 3.08. The van der Waals surface area contributed by atoms with E-state index in [1.54, 1.807) is 6.92 Å². The van der Waals surface area contributed by atoms with Gasteiger partial charge in [0, 0.05) is 11.0 Å². The van der Waals surface area contributed by atoms with Crippen molar-refractivity contribution in [2.45, 2.75) is 44.2 Å². The van der Waals surface area contributed by atoms with Gasteiger partial charge in [0.1, 0.15) is 5.75 Å². The quantitative estimate of drug-likeness (QED) is 0.829. The fourth-order valence-electron chi connectivity index (χ4n) is 2.59. The van der Waals surface area contributed by atoms with Crippen molar-refractivity contribution >= 4 is 34.2 Å². The lowest BCUT2D eigenvalue weighted by Crippen LogP contribution is -2.54. The van der Waals surface area contributed by atoms with Crippen molar-refractivity contribution in [3.05, 3.63) is 28.7 Å². The average Bonchev–Trinajstić information content (AvgIpc) is 2.88. The van der Waals surface area contributed by atoms with E-state index in [4.69, 9.17) is 10.5 Å². The number of nitrogens with one attached hydrogen (secondary N) is 1. The van der Waals surface area contributed by atoms with Gasteiger partial charge in [-0.25, -0.2) is 0 Å². The Kier molecular flexibility index (Phi) is 6.97. The molecule has 0 bridgehead atoms. The van der Waals surface area contributed by atoms with Gasteiger partial charge in [-0.3, -0.25) is 4.79 Å². The molecule has 0 spiro atoms. The highest BCUT2D eigenvalue weighted by atomic mass is 79.9. The van der Waals surface area contributed by atoms with Crippen LogP contribution in [0.3, 0.4) is 0 Å². The molecule has 4 nitrogen and oxygen atoms in total. The molecule has 0 aromatic heterocycles. The minimum atomic E-state index is -0.534. The Balaban J connectivity index is 0.00000220. The van der Waals surface area contributed by atoms with Gasteiger partial charge in [-0.15, -0.1) is 12.4 Å². The molecule has 0 radical (unpaired) electrons. The molecule has 3 N–H and O–H groups in total. The van der Waals surface area contributed by atoms with E-state index in [9.17, 15) is 4.79 Å². The first-order chi connectivity index (χ1) is 9.54. The summed E-state index contributed by atoms with van der Waals surface area (Å²) in [6.45, 7) is 2.25. The number of benzene rings is 1. The molecule has 2 rings (SSSR count). The monoisotopic (exact) mass is 376 g/mol. The van der Waals surface area contributed by atoms with Crippen LogP contribution >= 0.6 is 28.3 Å². The third kappa shape index (κ3) is 4.87. The van der Waals surface area contributed by atoms with Crippen LogP contribution in [0.1, 0.15) is 32.6 Å². The van der Waals surface area contributed by atoms with Crippen LogP contribution < -0.4 is 15.8 Å². The number of carbonyl (C=O) groups excluding carboxylic acids is 1. The van der Waals surface area contributed by atoms with E-state index in [0.29, 0.717) is 12.3 Å². The van der Waals surface area contributed by atoms with Crippen LogP contribution in [-0.2, 0) is 4.79 Å². The lowest BCUT2D eigenvalue weighted by Gasteiger charge is -2.30. The molecule has 1 atom stereocenters. The van der Waals surface area contributed by atoms with Crippen molar-refractivity contribution in [2.24, 2.45) is 5.73 Å². The summed E-state index contributed by atoms with van der Waals surface area (Å²) >= 11 is 3.38. The Hall–Kier alpha value is -0.780. The number of ether oxygens (including phenoxy) is 1. The number of amides is 1. The predicted octanol–water partition coefficient (Wildman–Crippen LogP) is 3.03. The second-order valence-electron chi connectivity index (χ2n) is 5.40. The van der Waals surface area contributed by atoms with E-state index in [-0.39, 0.29) is 23.9 Å². The Bertz CT molecular complexity index is 478. The molecule has 1 aromatic rings. The predicted molar refractivity (Wildman–Crippen MR) is 89.9 cm³/mol. The fraction of sp³-hybridized carbons (Fsp3) is 0.533. The minimum absolute atomic E-state index is 0. The van der Waals surface area contributed by atoms with Crippen molar-refractivity contribution in [1.29, 1.82) is 0 Å². The summed E-state index contributed by atoms with van der Waals surface area (Å²) in [5.74, 6) is 0.576. The molecule has 118 valence electrons. The third-order valence-electron chi connectivity index (χ3n) is 3.82. The molecule has 0 heterocycles. The Morgan fingerprint density at radius 2 is 2.14 bits per heavy atom. The smallest absolute Gasteiger partial charge is 0.261 e. The van der Waals surface area contributed by atoms with Gasteiger partial charge in [0.15, 0.2) is 6.10 Å². The maximum absolute atomic E-state index is 12.2. The van der Waals surface area contributed by atoms with Gasteiger partial charge in [0.25, 0.3) is 5.91 Å². The highest BCUT2D eigenvalue weighted by molar-refractivity contribution is 9.10. The molecule has 1 fully saturated rings. The number of hydrogen-bond donors (Lipinski definition) is 2. The number of nitrogens with two attached hydrogens (primary N) is 1. The van der Waals surface area contributed by atoms with Crippen LogP contribution in [0.2, 0.25) is 0 Å². The van der Waals surface area contributed by atoms with Gasteiger partial charge in [-0.1, -0.05) is 34.8 Å². The summed E-state index contributed by atoms with van der Waals surface area (Å²) < 4.78 is 6.60. The second kappa shape index (κ2) is 8.01. The summed E-state index contributed by atoms with van der Waals surface area (Å²) in [4.78, 5) is 12.2. The molecule has 1 aromatic carbocycles. The molecule has 0 saturated heterocycles. The fourth-order valence-corrected chi connectivity index (χ4v) is 2.97. The first kappa shape index (κ1) is 18.3. The first-order valence-corrected chi connectivity index (χ1v) is 7.78. The Morgan fingerprint density at radius 1 is 1.48 bits per heavy atom. The summed E-state index contributed by atoms with van der Waals surface area (Å²) in [6.07, 6.45) is 3.63. The molecule has 21 heavy (non-hydrogen) atoms. The second-order valence-corrected chi connectivity index (χ2v) is 6.31. The molecule has 1 saturated carbocycles. The number of rotatable bonds is 5. The Labute approximate surface area is 140 Å². The highest BCUT2D eigenvalue weighted by Crippen LogP contribution is 2.28. The van der Waals surface area contributed by atoms with E-state index >= 15 is 0 Å². The van der Waals surface area contributed by atoms with Crippen LogP contribution in [0.25, 0.3) is 0 Å². The summed E-state index contributed by atoms with van der Waals surface area (Å²) in [6, 6.07) is 7.47. The number of carbonyl (C=O) groups is 1. The zero-order chi connectivity index (χ0) is 14.6. The van der Waals surface area contributed by atoms with E-state index in [2.05, 4.69) is 21.2 Å². The van der Waals surface area contributed by atoms with Crippen LogP contribution in [-0.4, -0.2) is 24.1 Å². The zero-order valence-electron chi connectivity index (χ0n) is 12.1. The van der Waals surface area contributed by atoms with Crippen molar-refractivity contribution in [1.82, 2.24) is 5.32 Å². The van der Waals surface area contributed by atoms with E-state index in [1.807, 2.05) is 24.3 Å². The van der Waals surface area contributed by atoms with Gasteiger partial charge in [0.05, 0.1) is 5.54 Å². The van der Waals surface area contributed by atoms with Crippen molar-refractivity contribution in [3.8, 4) is 5.75 Å². The largest absolute Gasteiger partial charge is 0.481 e. The van der Waals surface area contributed by atoms with Crippen molar-refractivity contribution in [2.75, 3.05) is 6.54 Å². The topological polar surface area (TPSA) is 64.3 Å². The Morgan fingerprint density at radius 3 is 2.71 bits per heavy atom. The maximum Gasteiger partial charge on any atom is 0.261 e. The van der Waals surface area contributed by atoms with Gasteiger partial charge < -0.3 is 15.8 Å². The number of hydrogen-bond acceptors (Lipinski definition) is 3. The van der Waals surface area contributed by atoms with E-state index in [0.717, 1.165) is 30.2 Å². The lowest BCUT2D eigenvalue weighted by molar-refractivity contribution is -0.129. The van der Waals surface area contributed by atoms with Gasteiger partial charge in [0.2, 0.25) is 0 Å². The maximum atomic E-state index is 12.2. The van der Waals surface area contributed by atoms with Gasteiger partial charge >= 0.3 is 0 Å². The normalized spacial score (nSPS) is 17.7. The molecular weight excluding hydrogens is 356 g/mol. The third-order valence-corrected chi connectivity index (χ3v) is 4.31. The standard InChI is InChI=1S/C15H21BrN2O2.ClH/c1-11(20-13-6-4-5-12(16)9-13)14(19)18-15(10-17)7-2-3-8-15;/h4-6,9,11H,2-3,7-8,10,17H2,1H3,(H,18,19);1H. The van der Waals surface area contributed by atoms with E-state index in [1.165, 1.54) is 0 Å². The summed E-state index contributed by atoms with van der Waals surface area (Å²) in [5.41, 5.74) is 5.60. The van der Waals surface area contributed by atoms with Crippen LogP contribution in [0.5, 0.6) is 5.75 Å². The lowest BCUT2D eigenvalue weighted by atomic mass is 9.97. The SMILES string of the molecule is CC(Oc1cccc(Br)c1)C(=O)NC1(CN)CCCC1.Cl. The summed E-state index contributed by atoms with van der Waals surface area (Å²) in [7, 11) is 0. The van der Waals surface area contributed by atoms with Gasteiger partial charge in [-0.2, -0.15) is 0 Å². The van der Waals surface area contributed by atoms with E-state index < -0.39 is 6.10 Å². The van der Waals surface area contributed by atoms with Crippen molar-refractivity contribution < 1.29 is 9.53 Å². The molecule has 1 unspecified atom stereocenters. The zero-order valence-corrected chi connectivity index (χ0v) is 14.5. The molecule has 1 amide bonds. The van der Waals surface area contributed by atoms with Crippen LogP contribution in [0.15, 0.2) is 28.7 Å². The number of halogens is 2. The molecule has 0 aliphatic heterocycles. The average molecular weight is 378 g/mol.